The summed E-state index contributed by atoms with van der Waals surface area (Å²) in [5.41, 5.74) is 1.23. The van der Waals surface area contributed by atoms with Crippen molar-refractivity contribution in [3.05, 3.63) is 40.5 Å². The highest BCUT2D eigenvalue weighted by atomic mass is 35.5. The minimum atomic E-state index is -0.286. The van der Waals surface area contributed by atoms with Gasteiger partial charge in [0.15, 0.2) is 10.9 Å². The SMILES string of the molecule is CCCCCCCC(=O)Oc1cc(Cl)nnc1-c1ccc(Cl)cc1. The highest BCUT2D eigenvalue weighted by molar-refractivity contribution is 6.30. The number of carbonyl (C=O) groups excluding carboxylic acids is 1. The zero-order valence-electron chi connectivity index (χ0n) is 13.6. The van der Waals surface area contributed by atoms with Crippen molar-refractivity contribution in [3.8, 4) is 17.0 Å². The fourth-order valence-corrected chi connectivity index (χ4v) is 2.55. The Labute approximate surface area is 152 Å². The largest absolute Gasteiger partial charge is 0.424 e. The summed E-state index contributed by atoms with van der Waals surface area (Å²) < 4.78 is 5.46. The molecule has 6 heteroatoms. The molecule has 1 heterocycles. The third-order valence-electron chi connectivity index (χ3n) is 3.56. The van der Waals surface area contributed by atoms with Gasteiger partial charge < -0.3 is 4.74 Å². The molecule has 24 heavy (non-hydrogen) atoms. The monoisotopic (exact) mass is 366 g/mol. The van der Waals surface area contributed by atoms with Gasteiger partial charge in [-0.1, -0.05) is 67.9 Å². The second-order valence-electron chi connectivity index (χ2n) is 5.53. The van der Waals surface area contributed by atoms with Gasteiger partial charge in [0.05, 0.1) is 0 Å². The summed E-state index contributed by atoms with van der Waals surface area (Å²) in [5, 5.41) is 8.68. The van der Waals surface area contributed by atoms with Crippen molar-refractivity contribution in [3.63, 3.8) is 0 Å². The molecule has 2 rings (SSSR count). The fraction of sp³-hybridized carbons (Fsp3) is 0.389. The third kappa shape index (κ3) is 5.77. The lowest BCUT2D eigenvalue weighted by atomic mass is 10.1. The number of unbranched alkanes of at least 4 members (excludes halogenated alkanes) is 4. The number of nitrogens with zero attached hydrogens (tertiary/aromatic N) is 2. The second kappa shape index (κ2) is 9.60. The number of benzene rings is 1. The number of aromatic nitrogens is 2. The summed E-state index contributed by atoms with van der Waals surface area (Å²) in [6.07, 6.45) is 5.74. The fourth-order valence-electron chi connectivity index (χ4n) is 2.28. The molecule has 0 saturated heterocycles. The summed E-state index contributed by atoms with van der Waals surface area (Å²) in [6.45, 7) is 2.16. The third-order valence-corrected chi connectivity index (χ3v) is 3.99. The van der Waals surface area contributed by atoms with Gasteiger partial charge in [0.1, 0.15) is 5.69 Å². The van der Waals surface area contributed by atoms with Gasteiger partial charge in [-0.05, 0) is 18.6 Å². The van der Waals surface area contributed by atoms with Gasteiger partial charge in [-0.2, -0.15) is 0 Å². The number of rotatable bonds is 8. The van der Waals surface area contributed by atoms with Gasteiger partial charge >= 0.3 is 5.97 Å². The van der Waals surface area contributed by atoms with E-state index in [4.69, 9.17) is 27.9 Å². The Hall–Kier alpha value is -1.65. The van der Waals surface area contributed by atoms with Crippen molar-refractivity contribution in [1.82, 2.24) is 10.2 Å². The molecule has 4 nitrogen and oxygen atoms in total. The van der Waals surface area contributed by atoms with Crippen LogP contribution in [0.1, 0.15) is 45.4 Å². The van der Waals surface area contributed by atoms with E-state index < -0.39 is 0 Å². The molecule has 0 atom stereocenters. The van der Waals surface area contributed by atoms with E-state index in [1.54, 1.807) is 24.3 Å². The van der Waals surface area contributed by atoms with Crippen molar-refractivity contribution in [1.29, 1.82) is 0 Å². The molecule has 2 aromatic rings. The molecular formula is C18H20Cl2N2O2. The van der Waals surface area contributed by atoms with Crippen LogP contribution >= 0.6 is 23.2 Å². The summed E-state index contributed by atoms with van der Waals surface area (Å²) in [4.78, 5) is 12.1. The van der Waals surface area contributed by atoms with E-state index in [1.807, 2.05) is 0 Å². The van der Waals surface area contributed by atoms with Crippen LogP contribution in [0.5, 0.6) is 5.75 Å². The predicted octanol–water partition coefficient (Wildman–Crippen LogP) is 5.72. The van der Waals surface area contributed by atoms with E-state index in [9.17, 15) is 4.79 Å². The number of ether oxygens (including phenoxy) is 1. The zero-order valence-corrected chi connectivity index (χ0v) is 15.1. The minimum Gasteiger partial charge on any atom is -0.424 e. The Morgan fingerprint density at radius 1 is 1.04 bits per heavy atom. The average molecular weight is 367 g/mol. The first-order chi connectivity index (χ1) is 11.6. The van der Waals surface area contributed by atoms with Crippen molar-refractivity contribution >= 4 is 29.2 Å². The number of hydrogen-bond donors (Lipinski definition) is 0. The lowest BCUT2D eigenvalue weighted by Gasteiger charge is -2.09. The highest BCUT2D eigenvalue weighted by Gasteiger charge is 2.14. The second-order valence-corrected chi connectivity index (χ2v) is 6.35. The van der Waals surface area contributed by atoms with Crippen molar-refractivity contribution in [2.24, 2.45) is 0 Å². The molecule has 0 fully saturated rings. The molecule has 0 N–H and O–H groups in total. The zero-order chi connectivity index (χ0) is 17.4. The van der Waals surface area contributed by atoms with Crippen LogP contribution in [0.15, 0.2) is 30.3 Å². The molecule has 0 unspecified atom stereocenters. The maximum absolute atomic E-state index is 12.1. The Morgan fingerprint density at radius 3 is 2.46 bits per heavy atom. The summed E-state index contributed by atoms with van der Waals surface area (Å²) >= 11 is 11.8. The van der Waals surface area contributed by atoms with Crippen molar-refractivity contribution in [2.75, 3.05) is 0 Å². The van der Waals surface area contributed by atoms with Gasteiger partial charge in [0.2, 0.25) is 0 Å². The Balaban J connectivity index is 2.05. The molecule has 0 spiro atoms. The summed E-state index contributed by atoms with van der Waals surface area (Å²) in [7, 11) is 0. The maximum Gasteiger partial charge on any atom is 0.311 e. The normalized spacial score (nSPS) is 10.6. The van der Waals surface area contributed by atoms with Crippen LogP contribution in [0.25, 0.3) is 11.3 Å². The van der Waals surface area contributed by atoms with Crippen molar-refractivity contribution < 1.29 is 9.53 Å². The van der Waals surface area contributed by atoms with Gasteiger partial charge in [-0.15, -0.1) is 10.2 Å². The summed E-state index contributed by atoms with van der Waals surface area (Å²) in [6, 6.07) is 8.58. The molecule has 0 bridgehead atoms. The van der Waals surface area contributed by atoms with Crippen LogP contribution in [0, 0.1) is 0 Å². The van der Waals surface area contributed by atoms with Crippen LogP contribution in [0.4, 0.5) is 0 Å². The minimum absolute atomic E-state index is 0.179. The van der Waals surface area contributed by atoms with E-state index >= 15 is 0 Å². The standard InChI is InChI=1S/C18H20Cl2N2O2/c1-2-3-4-5-6-7-17(23)24-15-12-16(20)21-22-18(15)13-8-10-14(19)11-9-13/h8-12H,2-7H2,1H3. The number of halogens is 2. The first-order valence-corrected chi connectivity index (χ1v) is 8.85. The van der Waals surface area contributed by atoms with E-state index in [0.29, 0.717) is 22.9 Å². The number of carbonyl (C=O) groups is 1. The van der Waals surface area contributed by atoms with E-state index in [2.05, 4.69) is 17.1 Å². The molecule has 0 amide bonds. The van der Waals surface area contributed by atoms with Gasteiger partial charge in [-0.3, -0.25) is 4.79 Å². The lowest BCUT2D eigenvalue weighted by Crippen LogP contribution is -2.09. The quantitative estimate of drug-likeness (QED) is 0.443. The van der Waals surface area contributed by atoms with Gasteiger partial charge in [0, 0.05) is 23.1 Å². The molecule has 128 valence electrons. The van der Waals surface area contributed by atoms with Gasteiger partial charge in [0.25, 0.3) is 0 Å². The number of hydrogen-bond acceptors (Lipinski definition) is 4. The molecule has 1 aromatic heterocycles. The van der Waals surface area contributed by atoms with Gasteiger partial charge in [-0.25, -0.2) is 0 Å². The topological polar surface area (TPSA) is 52.1 Å². The van der Waals surface area contributed by atoms with Crippen LogP contribution in [0.2, 0.25) is 10.2 Å². The first kappa shape index (κ1) is 18.7. The Kier molecular flexibility index (Phi) is 7.47. The highest BCUT2D eigenvalue weighted by Crippen LogP contribution is 2.30. The molecule has 1 aromatic carbocycles. The predicted molar refractivity (Wildman–Crippen MR) is 96.5 cm³/mol. The molecule has 0 aliphatic rings. The average Bonchev–Trinajstić information content (AvgIpc) is 2.56. The smallest absolute Gasteiger partial charge is 0.311 e. The van der Waals surface area contributed by atoms with Crippen molar-refractivity contribution in [2.45, 2.75) is 45.4 Å². The van der Waals surface area contributed by atoms with E-state index in [0.717, 1.165) is 24.8 Å². The molecule has 0 saturated carbocycles. The Bertz CT molecular complexity index is 675. The Morgan fingerprint density at radius 2 is 1.75 bits per heavy atom. The van der Waals surface area contributed by atoms with Crippen LogP contribution < -0.4 is 4.74 Å². The lowest BCUT2D eigenvalue weighted by molar-refractivity contribution is -0.134. The molecule has 0 radical (unpaired) electrons. The first-order valence-electron chi connectivity index (χ1n) is 8.10. The maximum atomic E-state index is 12.1. The molecule has 0 aliphatic carbocycles. The van der Waals surface area contributed by atoms with Crippen LogP contribution in [-0.2, 0) is 4.79 Å². The summed E-state index contributed by atoms with van der Waals surface area (Å²) in [5.74, 6) is 0.0293. The van der Waals surface area contributed by atoms with E-state index in [1.165, 1.54) is 18.9 Å². The number of esters is 1. The molecule has 0 aliphatic heterocycles. The van der Waals surface area contributed by atoms with E-state index in [-0.39, 0.29) is 11.1 Å². The van der Waals surface area contributed by atoms with Crippen LogP contribution in [-0.4, -0.2) is 16.2 Å². The molecular weight excluding hydrogens is 347 g/mol. The van der Waals surface area contributed by atoms with Crippen LogP contribution in [0.3, 0.4) is 0 Å².